The van der Waals surface area contributed by atoms with Gasteiger partial charge in [0.2, 0.25) is 0 Å². The van der Waals surface area contributed by atoms with E-state index in [0.717, 1.165) is 0 Å². The normalized spacial score (nSPS) is 9.92. The molecule has 0 aliphatic carbocycles. The number of hydrogen-bond acceptors (Lipinski definition) is 1. The Morgan fingerprint density at radius 1 is 1.38 bits per heavy atom. The molecule has 2 nitrogen and oxygen atoms in total. The molecule has 0 saturated heterocycles. The summed E-state index contributed by atoms with van der Waals surface area (Å²) >= 11 is 5.60. The SMILES string of the molecule is C=CCC(CCl)(CC=C)C(=O)O.Cl. The molecule has 0 aromatic carbocycles. The van der Waals surface area contributed by atoms with Gasteiger partial charge in [0.1, 0.15) is 0 Å². The second-order valence-corrected chi connectivity index (χ2v) is 2.97. The lowest BCUT2D eigenvalue weighted by Crippen LogP contribution is -2.31. The lowest BCUT2D eigenvalue weighted by molar-refractivity contribution is -0.147. The third-order valence-corrected chi connectivity index (χ3v) is 2.29. The number of hydrogen-bond donors (Lipinski definition) is 1. The summed E-state index contributed by atoms with van der Waals surface area (Å²) in [7, 11) is 0. The van der Waals surface area contributed by atoms with Gasteiger partial charge >= 0.3 is 5.97 Å². The van der Waals surface area contributed by atoms with Crippen LogP contribution in [0.25, 0.3) is 0 Å². The summed E-state index contributed by atoms with van der Waals surface area (Å²) < 4.78 is 0. The summed E-state index contributed by atoms with van der Waals surface area (Å²) in [6, 6.07) is 0. The number of alkyl halides is 1. The Morgan fingerprint density at radius 2 is 1.77 bits per heavy atom. The van der Waals surface area contributed by atoms with E-state index < -0.39 is 11.4 Å². The van der Waals surface area contributed by atoms with Gasteiger partial charge in [-0.2, -0.15) is 0 Å². The Kier molecular flexibility index (Phi) is 8.07. The third-order valence-electron chi connectivity index (χ3n) is 1.78. The number of carboxylic acid groups (broad SMARTS) is 1. The molecular formula is C9H14Cl2O2. The largest absolute Gasteiger partial charge is 0.481 e. The molecule has 0 unspecified atom stereocenters. The molecule has 0 aliphatic rings. The van der Waals surface area contributed by atoms with Crippen LogP contribution in [0.1, 0.15) is 12.8 Å². The van der Waals surface area contributed by atoms with Gasteiger partial charge in [0.05, 0.1) is 5.41 Å². The highest BCUT2D eigenvalue weighted by atomic mass is 35.5. The minimum atomic E-state index is -0.912. The summed E-state index contributed by atoms with van der Waals surface area (Å²) in [5.74, 6) is -0.808. The second-order valence-electron chi connectivity index (χ2n) is 2.70. The van der Waals surface area contributed by atoms with Crippen LogP contribution in [0.5, 0.6) is 0 Å². The lowest BCUT2D eigenvalue weighted by Gasteiger charge is -2.23. The molecule has 0 aromatic rings. The topological polar surface area (TPSA) is 37.3 Å². The van der Waals surface area contributed by atoms with E-state index in [-0.39, 0.29) is 18.3 Å². The van der Waals surface area contributed by atoms with E-state index in [1.165, 1.54) is 0 Å². The Labute approximate surface area is 89.7 Å². The number of carboxylic acids is 1. The smallest absolute Gasteiger partial charge is 0.311 e. The third kappa shape index (κ3) is 3.83. The lowest BCUT2D eigenvalue weighted by atomic mass is 9.83. The number of allylic oxidation sites excluding steroid dienone is 2. The molecular weight excluding hydrogens is 211 g/mol. The first-order valence-corrected chi connectivity index (χ1v) is 4.17. The highest BCUT2D eigenvalue weighted by molar-refractivity contribution is 6.19. The molecule has 0 fully saturated rings. The zero-order valence-corrected chi connectivity index (χ0v) is 8.90. The van der Waals surface area contributed by atoms with Crippen molar-refractivity contribution in [2.24, 2.45) is 5.41 Å². The van der Waals surface area contributed by atoms with Gasteiger partial charge in [-0.15, -0.1) is 37.2 Å². The molecule has 0 aliphatic heterocycles. The summed E-state index contributed by atoms with van der Waals surface area (Å²) in [6.45, 7) is 7.00. The molecule has 0 heterocycles. The maximum atomic E-state index is 10.9. The molecule has 0 aromatic heterocycles. The van der Waals surface area contributed by atoms with Gasteiger partial charge in [-0.1, -0.05) is 12.2 Å². The number of carbonyl (C=O) groups is 1. The molecule has 0 bridgehead atoms. The maximum Gasteiger partial charge on any atom is 0.311 e. The fourth-order valence-electron chi connectivity index (χ4n) is 0.977. The molecule has 1 N–H and O–H groups in total. The van der Waals surface area contributed by atoms with Crippen molar-refractivity contribution in [2.75, 3.05) is 5.88 Å². The van der Waals surface area contributed by atoms with Crippen LogP contribution in [-0.2, 0) is 4.79 Å². The van der Waals surface area contributed by atoms with Crippen molar-refractivity contribution in [2.45, 2.75) is 12.8 Å². The van der Waals surface area contributed by atoms with Gasteiger partial charge in [-0.25, -0.2) is 0 Å². The highest BCUT2D eigenvalue weighted by Crippen LogP contribution is 2.29. The van der Waals surface area contributed by atoms with E-state index in [9.17, 15) is 4.79 Å². The molecule has 0 radical (unpaired) electrons. The summed E-state index contributed by atoms with van der Waals surface area (Å²) in [5, 5.41) is 8.91. The van der Waals surface area contributed by atoms with Gasteiger partial charge in [-0.05, 0) is 12.8 Å². The van der Waals surface area contributed by atoms with Gasteiger partial charge in [0.15, 0.2) is 0 Å². The van der Waals surface area contributed by atoms with Crippen LogP contribution >= 0.6 is 24.0 Å². The van der Waals surface area contributed by atoms with Crippen molar-refractivity contribution in [3.05, 3.63) is 25.3 Å². The fraction of sp³-hybridized carbons (Fsp3) is 0.444. The zero-order chi connectivity index (χ0) is 9.61. The van der Waals surface area contributed by atoms with Crippen molar-refractivity contribution in [1.82, 2.24) is 0 Å². The van der Waals surface area contributed by atoms with Crippen molar-refractivity contribution in [3.8, 4) is 0 Å². The van der Waals surface area contributed by atoms with Crippen LogP contribution in [0.4, 0.5) is 0 Å². The van der Waals surface area contributed by atoms with Crippen LogP contribution in [0.3, 0.4) is 0 Å². The standard InChI is InChI=1S/C9H13ClO2.ClH/c1-3-5-9(7-10,6-4-2)8(11)12;/h3-4H,1-2,5-7H2,(H,11,12);1H. The van der Waals surface area contributed by atoms with E-state index in [2.05, 4.69) is 13.2 Å². The van der Waals surface area contributed by atoms with E-state index >= 15 is 0 Å². The predicted molar refractivity (Wildman–Crippen MR) is 57.7 cm³/mol. The van der Waals surface area contributed by atoms with E-state index in [0.29, 0.717) is 12.8 Å². The van der Waals surface area contributed by atoms with Gasteiger partial charge in [0, 0.05) is 5.88 Å². The van der Waals surface area contributed by atoms with E-state index in [1.54, 1.807) is 12.2 Å². The van der Waals surface area contributed by atoms with Crippen LogP contribution in [0, 0.1) is 5.41 Å². The molecule has 0 atom stereocenters. The van der Waals surface area contributed by atoms with Gasteiger partial charge < -0.3 is 5.11 Å². The Balaban J connectivity index is 0. The quantitative estimate of drug-likeness (QED) is 0.557. The number of aliphatic carboxylic acids is 1. The van der Waals surface area contributed by atoms with Crippen molar-refractivity contribution < 1.29 is 9.90 Å². The van der Waals surface area contributed by atoms with Crippen LogP contribution in [-0.4, -0.2) is 17.0 Å². The van der Waals surface area contributed by atoms with Crippen molar-refractivity contribution in [3.63, 3.8) is 0 Å². The minimum absolute atomic E-state index is 0. The Bertz CT molecular complexity index is 180. The minimum Gasteiger partial charge on any atom is -0.481 e. The number of halogens is 2. The van der Waals surface area contributed by atoms with Crippen LogP contribution < -0.4 is 0 Å². The van der Waals surface area contributed by atoms with E-state index in [4.69, 9.17) is 16.7 Å². The Hall–Kier alpha value is -0.470. The number of rotatable bonds is 6. The average molecular weight is 225 g/mol. The molecule has 0 spiro atoms. The first-order valence-electron chi connectivity index (χ1n) is 3.64. The molecule has 4 heteroatoms. The molecule has 76 valence electrons. The molecule has 13 heavy (non-hydrogen) atoms. The van der Waals surface area contributed by atoms with Crippen molar-refractivity contribution in [1.29, 1.82) is 0 Å². The molecule has 0 rings (SSSR count). The summed E-state index contributed by atoms with van der Waals surface area (Å²) in [4.78, 5) is 10.9. The monoisotopic (exact) mass is 224 g/mol. The summed E-state index contributed by atoms with van der Waals surface area (Å²) in [6.07, 6.45) is 3.88. The average Bonchev–Trinajstić information content (AvgIpc) is 2.03. The van der Waals surface area contributed by atoms with Crippen LogP contribution in [0.2, 0.25) is 0 Å². The first-order chi connectivity index (χ1) is 5.63. The zero-order valence-electron chi connectivity index (χ0n) is 7.33. The van der Waals surface area contributed by atoms with E-state index in [1.807, 2.05) is 0 Å². The first kappa shape index (κ1) is 15.0. The molecule has 0 saturated carbocycles. The predicted octanol–water partition coefficient (Wildman–Crippen LogP) is 2.87. The van der Waals surface area contributed by atoms with Crippen LogP contribution in [0.15, 0.2) is 25.3 Å². The fourth-order valence-corrected chi connectivity index (χ4v) is 1.31. The highest BCUT2D eigenvalue weighted by Gasteiger charge is 2.34. The maximum absolute atomic E-state index is 10.9. The molecule has 0 amide bonds. The second kappa shape index (κ2) is 6.98. The summed E-state index contributed by atoms with van der Waals surface area (Å²) in [5.41, 5.74) is -0.912. The van der Waals surface area contributed by atoms with Gasteiger partial charge in [0.25, 0.3) is 0 Å². The van der Waals surface area contributed by atoms with Gasteiger partial charge in [-0.3, -0.25) is 4.79 Å². The Morgan fingerprint density at radius 3 is 1.92 bits per heavy atom. The van der Waals surface area contributed by atoms with Crippen molar-refractivity contribution >= 4 is 30.0 Å².